The van der Waals surface area contributed by atoms with Crippen molar-refractivity contribution in [1.29, 1.82) is 0 Å². The van der Waals surface area contributed by atoms with Gasteiger partial charge in [-0.3, -0.25) is 14.9 Å². The number of aromatic nitrogens is 4. The Bertz CT molecular complexity index is 1240. The number of benzene rings is 2. The first-order chi connectivity index (χ1) is 13.6. The molecule has 4 rings (SSSR count). The van der Waals surface area contributed by atoms with E-state index in [1.807, 2.05) is 47.9 Å². The minimum atomic E-state index is -0.336. The number of aryl methyl sites for hydroxylation is 2. The predicted octanol–water partition coefficient (Wildman–Crippen LogP) is 3.10. The van der Waals surface area contributed by atoms with E-state index in [2.05, 4.69) is 22.3 Å². The molecule has 0 unspecified atom stereocenters. The van der Waals surface area contributed by atoms with Crippen molar-refractivity contribution in [3.8, 4) is 0 Å². The number of nitrogens with zero attached hydrogens (tertiary/aromatic N) is 4. The summed E-state index contributed by atoms with van der Waals surface area (Å²) in [5, 5.41) is 8.50. The maximum Gasteiger partial charge on any atom is 0.275 e. The Kier molecular flexibility index (Phi) is 4.65. The Morgan fingerprint density at radius 2 is 1.79 bits per heavy atom. The lowest BCUT2D eigenvalue weighted by Crippen LogP contribution is -2.31. The maximum absolute atomic E-state index is 12.7. The Balaban J connectivity index is 1.65. The lowest BCUT2D eigenvalue weighted by molar-refractivity contribution is -0.117. The van der Waals surface area contributed by atoms with E-state index in [0.717, 1.165) is 29.4 Å². The molecule has 0 radical (unpaired) electrons. The zero-order chi connectivity index (χ0) is 19.7. The summed E-state index contributed by atoms with van der Waals surface area (Å²) in [6.45, 7) is 4.47. The maximum atomic E-state index is 12.7. The number of carbonyl (C=O) groups is 1. The molecule has 142 valence electrons. The molecule has 0 atom stereocenters. The van der Waals surface area contributed by atoms with Crippen molar-refractivity contribution in [2.45, 2.75) is 33.4 Å². The van der Waals surface area contributed by atoms with Crippen molar-refractivity contribution in [3.63, 3.8) is 0 Å². The van der Waals surface area contributed by atoms with Crippen LogP contribution in [0.3, 0.4) is 0 Å². The second-order valence-corrected chi connectivity index (χ2v) is 6.72. The van der Waals surface area contributed by atoms with Crippen molar-refractivity contribution < 1.29 is 4.79 Å². The van der Waals surface area contributed by atoms with Gasteiger partial charge in [0.15, 0.2) is 0 Å². The van der Waals surface area contributed by atoms with Crippen LogP contribution in [-0.2, 0) is 17.9 Å². The zero-order valence-electron chi connectivity index (χ0n) is 15.8. The van der Waals surface area contributed by atoms with E-state index >= 15 is 0 Å². The number of imidazole rings is 1. The average Bonchev–Trinajstić information content (AvgIpc) is 3.03. The van der Waals surface area contributed by atoms with Gasteiger partial charge >= 0.3 is 0 Å². The van der Waals surface area contributed by atoms with Gasteiger partial charge in [-0.1, -0.05) is 37.3 Å². The number of anilines is 1. The van der Waals surface area contributed by atoms with E-state index in [-0.39, 0.29) is 18.0 Å². The summed E-state index contributed by atoms with van der Waals surface area (Å²) < 4.78 is 3.19. The molecule has 1 N–H and O–H groups in total. The summed E-state index contributed by atoms with van der Waals surface area (Å²) >= 11 is 0. The average molecular weight is 375 g/mol. The van der Waals surface area contributed by atoms with Crippen LogP contribution in [-0.4, -0.2) is 25.2 Å². The molecule has 7 nitrogen and oxygen atoms in total. The van der Waals surface area contributed by atoms with E-state index < -0.39 is 0 Å². The van der Waals surface area contributed by atoms with Crippen molar-refractivity contribution in [2.24, 2.45) is 0 Å². The summed E-state index contributed by atoms with van der Waals surface area (Å²) in [4.78, 5) is 29.9. The molecule has 0 bridgehead atoms. The van der Waals surface area contributed by atoms with Crippen LogP contribution >= 0.6 is 0 Å². The smallest absolute Gasteiger partial charge is 0.275 e. The minimum Gasteiger partial charge on any atom is -0.310 e. The minimum absolute atomic E-state index is 0.167. The predicted molar refractivity (Wildman–Crippen MR) is 109 cm³/mol. The third-order valence-electron chi connectivity index (χ3n) is 4.70. The van der Waals surface area contributed by atoms with Gasteiger partial charge in [-0.2, -0.15) is 5.10 Å². The molecule has 0 spiro atoms. The quantitative estimate of drug-likeness (QED) is 0.581. The molecule has 0 fully saturated rings. The highest BCUT2D eigenvalue weighted by molar-refractivity contribution is 5.91. The van der Waals surface area contributed by atoms with Crippen LogP contribution in [0.15, 0.2) is 53.3 Å². The Labute approximate surface area is 161 Å². The van der Waals surface area contributed by atoms with Crippen LogP contribution in [0.2, 0.25) is 0 Å². The lowest BCUT2D eigenvalue weighted by Gasteiger charge is -2.11. The first kappa shape index (κ1) is 17.9. The second-order valence-electron chi connectivity index (χ2n) is 6.72. The van der Waals surface area contributed by atoms with Gasteiger partial charge in [0.2, 0.25) is 11.9 Å². The van der Waals surface area contributed by atoms with E-state index in [4.69, 9.17) is 0 Å². The number of hydrogen-bond acceptors (Lipinski definition) is 4. The number of amides is 1. The third-order valence-corrected chi connectivity index (χ3v) is 4.70. The van der Waals surface area contributed by atoms with Gasteiger partial charge in [0.05, 0.1) is 22.1 Å². The van der Waals surface area contributed by atoms with E-state index in [0.29, 0.717) is 17.0 Å². The van der Waals surface area contributed by atoms with Crippen LogP contribution in [0.25, 0.3) is 21.8 Å². The molecular formula is C21H21N5O2. The number of para-hydroxylation sites is 2. The number of rotatable bonds is 5. The monoisotopic (exact) mass is 375 g/mol. The first-order valence-corrected chi connectivity index (χ1v) is 9.30. The van der Waals surface area contributed by atoms with E-state index in [9.17, 15) is 9.59 Å². The molecule has 2 heterocycles. The Hall–Kier alpha value is -3.48. The summed E-state index contributed by atoms with van der Waals surface area (Å²) in [7, 11) is 0. The fraction of sp³-hybridized carbons (Fsp3) is 0.238. The summed E-state index contributed by atoms with van der Waals surface area (Å²) in [6.07, 6.45) is 0.911. The third kappa shape index (κ3) is 3.15. The normalized spacial score (nSPS) is 11.2. The molecule has 0 aliphatic carbocycles. The largest absolute Gasteiger partial charge is 0.310 e. The molecule has 0 aliphatic rings. The van der Waals surface area contributed by atoms with Gasteiger partial charge in [-0.15, -0.1) is 0 Å². The number of fused-ring (bicyclic) bond motifs is 2. The topological polar surface area (TPSA) is 81.8 Å². The molecule has 0 aliphatic heterocycles. The Morgan fingerprint density at radius 3 is 2.57 bits per heavy atom. The Morgan fingerprint density at radius 1 is 1.07 bits per heavy atom. The standard InChI is InChI=1S/C21H21N5O2/c1-3-12-25-18-11-7-6-10-17(18)22-21(25)23-19(27)13-26-20(28)16-9-5-4-8-15(16)14(2)24-26/h4-11H,3,12-13H2,1-2H3,(H,22,23,27). The lowest BCUT2D eigenvalue weighted by atomic mass is 10.1. The fourth-order valence-electron chi connectivity index (χ4n) is 3.43. The van der Waals surface area contributed by atoms with Crippen molar-refractivity contribution in [3.05, 3.63) is 64.6 Å². The molecule has 2 aromatic carbocycles. The van der Waals surface area contributed by atoms with Crippen LogP contribution in [0, 0.1) is 6.92 Å². The molecular weight excluding hydrogens is 354 g/mol. The molecule has 0 saturated heterocycles. The highest BCUT2D eigenvalue weighted by atomic mass is 16.2. The highest BCUT2D eigenvalue weighted by Gasteiger charge is 2.15. The van der Waals surface area contributed by atoms with Crippen molar-refractivity contribution in [2.75, 3.05) is 5.32 Å². The molecule has 28 heavy (non-hydrogen) atoms. The number of carbonyl (C=O) groups excluding carboxylic acids is 1. The highest BCUT2D eigenvalue weighted by Crippen LogP contribution is 2.20. The summed E-state index contributed by atoms with van der Waals surface area (Å²) in [5.41, 5.74) is 2.22. The van der Waals surface area contributed by atoms with Crippen LogP contribution in [0.4, 0.5) is 5.95 Å². The summed E-state index contributed by atoms with van der Waals surface area (Å²) in [6, 6.07) is 15.0. The second kappa shape index (κ2) is 7.26. The van der Waals surface area contributed by atoms with Gasteiger partial charge in [0.1, 0.15) is 6.54 Å². The van der Waals surface area contributed by atoms with E-state index in [1.165, 1.54) is 4.68 Å². The zero-order valence-corrected chi connectivity index (χ0v) is 15.8. The summed E-state index contributed by atoms with van der Waals surface area (Å²) in [5.74, 6) is 0.149. The van der Waals surface area contributed by atoms with Crippen LogP contribution in [0.1, 0.15) is 19.0 Å². The number of nitrogens with one attached hydrogen (secondary N) is 1. The van der Waals surface area contributed by atoms with Gasteiger partial charge < -0.3 is 4.57 Å². The first-order valence-electron chi connectivity index (χ1n) is 9.30. The molecule has 7 heteroatoms. The van der Waals surface area contributed by atoms with Crippen molar-refractivity contribution >= 4 is 33.7 Å². The van der Waals surface area contributed by atoms with Crippen LogP contribution in [0.5, 0.6) is 0 Å². The molecule has 4 aromatic rings. The van der Waals surface area contributed by atoms with Gasteiger partial charge in [-0.05, 0) is 31.5 Å². The van der Waals surface area contributed by atoms with Gasteiger partial charge in [0, 0.05) is 11.9 Å². The number of hydrogen-bond donors (Lipinski definition) is 1. The van der Waals surface area contributed by atoms with Gasteiger partial charge in [0.25, 0.3) is 5.56 Å². The van der Waals surface area contributed by atoms with Crippen LogP contribution < -0.4 is 10.9 Å². The van der Waals surface area contributed by atoms with Gasteiger partial charge in [-0.25, -0.2) is 9.67 Å². The van der Waals surface area contributed by atoms with Crippen molar-refractivity contribution in [1.82, 2.24) is 19.3 Å². The molecule has 2 aromatic heterocycles. The fourth-order valence-corrected chi connectivity index (χ4v) is 3.43. The van der Waals surface area contributed by atoms with E-state index in [1.54, 1.807) is 12.1 Å². The SMILES string of the molecule is CCCn1c(NC(=O)Cn2nc(C)c3ccccc3c2=O)nc2ccccc21. The molecule has 0 saturated carbocycles. The molecule has 1 amide bonds.